The lowest BCUT2D eigenvalue weighted by Gasteiger charge is -2.26. The minimum absolute atomic E-state index is 0.00424. The molecule has 0 aliphatic carbocycles. The third-order valence-corrected chi connectivity index (χ3v) is 6.11. The number of carbonyl (C=O) groups excluding carboxylic acids is 2. The molecule has 5 nitrogen and oxygen atoms in total. The number of benzene rings is 1. The van der Waals surface area contributed by atoms with Gasteiger partial charge in [-0.15, -0.1) is 0 Å². The fourth-order valence-electron chi connectivity index (χ4n) is 3.02. The second-order valence-electron chi connectivity index (χ2n) is 6.60. The highest BCUT2D eigenvalue weighted by Gasteiger charge is 2.23. The van der Waals surface area contributed by atoms with E-state index >= 15 is 0 Å². The highest BCUT2D eigenvalue weighted by molar-refractivity contribution is 8.26. The van der Waals surface area contributed by atoms with E-state index in [0.717, 1.165) is 37.1 Å². The third-order valence-electron chi connectivity index (χ3n) is 4.52. The molecule has 2 aliphatic rings. The van der Waals surface area contributed by atoms with Gasteiger partial charge in [0.15, 0.2) is 6.61 Å². The van der Waals surface area contributed by atoms with Crippen LogP contribution in [0, 0.1) is 0 Å². The van der Waals surface area contributed by atoms with Crippen molar-refractivity contribution < 1.29 is 14.3 Å². The zero-order valence-electron chi connectivity index (χ0n) is 15.5. The Labute approximate surface area is 179 Å². The second kappa shape index (κ2) is 9.58. The summed E-state index contributed by atoms with van der Waals surface area (Å²) in [6, 6.07) is 5.24. The normalized spacial score (nSPS) is 19.1. The molecule has 8 heteroatoms. The van der Waals surface area contributed by atoms with Gasteiger partial charge in [0.1, 0.15) is 10.1 Å². The summed E-state index contributed by atoms with van der Waals surface area (Å²) in [4.78, 5) is 26.7. The molecule has 0 spiro atoms. The average Bonchev–Trinajstić information content (AvgIpc) is 3.04. The molecule has 2 heterocycles. The number of hydrogen-bond donors (Lipinski definition) is 1. The summed E-state index contributed by atoms with van der Waals surface area (Å²) in [5.74, 6) is 0.380. The number of carbonyl (C=O) groups is 2. The van der Waals surface area contributed by atoms with Crippen LogP contribution in [0.15, 0.2) is 34.8 Å². The summed E-state index contributed by atoms with van der Waals surface area (Å²) in [6.45, 7) is 3.43. The maximum atomic E-state index is 12.3. The highest BCUT2D eigenvalue weighted by Crippen LogP contribution is 2.29. The van der Waals surface area contributed by atoms with Crippen LogP contribution in [0.4, 0.5) is 0 Å². The van der Waals surface area contributed by atoms with E-state index < -0.39 is 0 Å². The zero-order valence-corrected chi connectivity index (χ0v) is 17.9. The lowest BCUT2D eigenvalue weighted by Crippen LogP contribution is -2.38. The number of rotatable bonds is 5. The molecule has 28 heavy (non-hydrogen) atoms. The van der Waals surface area contributed by atoms with Crippen molar-refractivity contribution in [3.8, 4) is 5.75 Å². The molecular formula is C20H21ClN2O3S2. The van der Waals surface area contributed by atoms with Crippen molar-refractivity contribution in [2.45, 2.75) is 26.2 Å². The quantitative estimate of drug-likeness (QED) is 0.554. The predicted octanol–water partition coefficient (Wildman–Crippen LogP) is 4.17. The van der Waals surface area contributed by atoms with Gasteiger partial charge in [0.2, 0.25) is 0 Å². The fraction of sp³-hybridized carbons (Fsp3) is 0.350. The Hall–Kier alpha value is -1.83. The number of hydrogen-bond acceptors (Lipinski definition) is 5. The van der Waals surface area contributed by atoms with E-state index in [-0.39, 0.29) is 18.4 Å². The Bertz CT molecular complexity index is 861. The average molecular weight is 437 g/mol. The van der Waals surface area contributed by atoms with E-state index in [9.17, 15) is 9.59 Å². The van der Waals surface area contributed by atoms with E-state index in [1.165, 1.54) is 18.2 Å². The number of nitrogens with zero attached hydrogens (tertiary/aromatic N) is 1. The molecule has 2 saturated heterocycles. The summed E-state index contributed by atoms with van der Waals surface area (Å²) >= 11 is 12.4. The molecular weight excluding hydrogens is 416 g/mol. The lowest BCUT2D eigenvalue weighted by atomic mass is 10.1. The maximum absolute atomic E-state index is 12.3. The van der Waals surface area contributed by atoms with Crippen LogP contribution in [0.1, 0.15) is 31.7 Å². The van der Waals surface area contributed by atoms with Gasteiger partial charge in [-0.2, -0.15) is 0 Å². The fourth-order valence-corrected chi connectivity index (χ4v) is 4.24. The Balaban J connectivity index is 1.72. The standard InChI is InChI=1S/C20H21ClN2O3S2/c1-13(18-19(25)22-20(27)28-18)5-6-14-11-15(21)7-8-16(14)26-12-17(24)23-9-3-2-4-10-23/h5-8,11H,2-4,9-10,12H2,1H3,(H,22,25,27)/b6-5+,18-13+. The monoisotopic (exact) mass is 436 g/mol. The number of nitrogens with one attached hydrogen (secondary N) is 1. The van der Waals surface area contributed by atoms with Crippen LogP contribution in [0.25, 0.3) is 6.08 Å². The van der Waals surface area contributed by atoms with Gasteiger partial charge in [-0.05, 0) is 50.0 Å². The van der Waals surface area contributed by atoms with E-state index in [1.54, 1.807) is 18.2 Å². The first kappa shape index (κ1) is 20.9. The molecule has 0 aromatic heterocycles. The van der Waals surface area contributed by atoms with E-state index in [1.807, 2.05) is 24.0 Å². The molecule has 2 fully saturated rings. The number of likely N-dealkylation sites (tertiary alicyclic amines) is 1. The van der Waals surface area contributed by atoms with Gasteiger partial charge in [0.25, 0.3) is 11.8 Å². The number of thioether (sulfide) groups is 1. The minimum Gasteiger partial charge on any atom is -0.483 e. The van der Waals surface area contributed by atoms with Crippen LogP contribution in [0.3, 0.4) is 0 Å². The molecule has 0 atom stereocenters. The van der Waals surface area contributed by atoms with Crippen LogP contribution >= 0.6 is 35.6 Å². The summed E-state index contributed by atoms with van der Waals surface area (Å²) in [6.07, 6.45) is 6.91. The highest BCUT2D eigenvalue weighted by atomic mass is 35.5. The number of ether oxygens (including phenoxy) is 1. The van der Waals surface area contributed by atoms with E-state index in [0.29, 0.717) is 20.0 Å². The van der Waals surface area contributed by atoms with Gasteiger partial charge < -0.3 is 15.0 Å². The molecule has 1 aromatic carbocycles. The molecule has 1 aromatic rings. The topological polar surface area (TPSA) is 58.6 Å². The maximum Gasteiger partial charge on any atom is 0.263 e. The first-order valence-electron chi connectivity index (χ1n) is 9.06. The number of amides is 2. The second-order valence-corrected chi connectivity index (χ2v) is 8.73. The van der Waals surface area contributed by atoms with Crippen molar-refractivity contribution in [1.29, 1.82) is 0 Å². The molecule has 0 bridgehead atoms. The molecule has 0 saturated carbocycles. The number of halogens is 1. The number of thiocarbonyl (C=S) groups is 1. The van der Waals surface area contributed by atoms with Crippen molar-refractivity contribution in [3.05, 3.63) is 45.3 Å². The minimum atomic E-state index is -0.188. The smallest absolute Gasteiger partial charge is 0.263 e. The number of allylic oxidation sites excluding steroid dienone is 2. The van der Waals surface area contributed by atoms with Gasteiger partial charge in [0, 0.05) is 23.7 Å². The number of piperidine rings is 1. The van der Waals surface area contributed by atoms with Crippen LogP contribution in [0.2, 0.25) is 5.02 Å². The van der Waals surface area contributed by atoms with Gasteiger partial charge in [-0.1, -0.05) is 47.7 Å². The van der Waals surface area contributed by atoms with E-state index in [4.69, 9.17) is 28.6 Å². The van der Waals surface area contributed by atoms with E-state index in [2.05, 4.69) is 5.32 Å². The van der Waals surface area contributed by atoms with Crippen molar-refractivity contribution in [3.63, 3.8) is 0 Å². The van der Waals surface area contributed by atoms with Crippen molar-refractivity contribution in [2.24, 2.45) is 0 Å². The summed E-state index contributed by atoms with van der Waals surface area (Å²) in [5.41, 5.74) is 1.53. The Morgan fingerprint density at radius 1 is 1.36 bits per heavy atom. The Morgan fingerprint density at radius 2 is 2.11 bits per heavy atom. The van der Waals surface area contributed by atoms with Gasteiger partial charge in [0.05, 0.1) is 4.91 Å². The molecule has 2 amide bonds. The van der Waals surface area contributed by atoms with Crippen molar-refractivity contribution in [2.75, 3.05) is 19.7 Å². The van der Waals surface area contributed by atoms with Crippen LogP contribution < -0.4 is 10.1 Å². The van der Waals surface area contributed by atoms with Gasteiger partial charge >= 0.3 is 0 Å². The predicted molar refractivity (Wildman–Crippen MR) is 117 cm³/mol. The first-order chi connectivity index (χ1) is 13.4. The molecule has 148 valence electrons. The van der Waals surface area contributed by atoms with Gasteiger partial charge in [-0.3, -0.25) is 9.59 Å². The summed E-state index contributed by atoms with van der Waals surface area (Å²) in [5, 5.41) is 3.17. The Kier molecular flexibility index (Phi) is 7.15. The first-order valence-corrected chi connectivity index (χ1v) is 10.7. The lowest BCUT2D eigenvalue weighted by molar-refractivity contribution is -0.134. The SMILES string of the molecule is CC(/C=C/c1cc(Cl)ccc1OCC(=O)N1CCCCC1)=C1\SC(=S)NC1=O. The zero-order chi connectivity index (χ0) is 20.1. The summed E-state index contributed by atoms with van der Waals surface area (Å²) in [7, 11) is 0. The van der Waals surface area contributed by atoms with Gasteiger partial charge in [-0.25, -0.2) is 0 Å². The largest absolute Gasteiger partial charge is 0.483 e. The molecule has 0 radical (unpaired) electrons. The molecule has 0 unspecified atom stereocenters. The molecule has 3 rings (SSSR count). The third kappa shape index (κ3) is 5.37. The Morgan fingerprint density at radius 3 is 2.79 bits per heavy atom. The van der Waals surface area contributed by atoms with Crippen molar-refractivity contribution in [1.82, 2.24) is 10.2 Å². The van der Waals surface area contributed by atoms with Crippen molar-refractivity contribution >= 4 is 57.8 Å². The van der Waals surface area contributed by atoms with Crippen LogP contribution in [-0.4, -0.2) is 40.7 Å². The molecule has 1 N–H and O–H groups in total. The van der Waals surface area contributed by atoms with Crippen LogP contribution in [-0.2, 0) is 9.59 Å². The summed E-state index contributed by atoms with van der Waals surface area (Å²) < 4.78 is 6.24. The molecule has 2 aliphatic heterocycles. The van der Waals surface area contributed by atoms with Crippen LogP contribution in [0.5, 0.6) is 5.75 Å².